The lowest BCUT2D eigenvalue weighted by atomic mass is 10.1. The molecule has 1 aromatic rings. The van der Waals surface area contributed by atoms with Crippen molar-refractivity contribution >= 4 is 15.7 Å². The number of ether oxygens (including phenoxy) is 1. The van der Waals surface area contributed by atoms with Gasteiger partial charge in [-0.05, 0) is 46.0 Å². The summed E-state index contributed by atoms with van der Waals surface area (Å²) in [6, 6.07) is 4.96. The van der Waals surface area contributed by atoms with Gasteiger partial charge in [-0.25, -0.2) is 13.1 Å². The molecular formula is C13H20N2O3S. The monoisotopic (exact) mass is 284 g/mol. The van der Waals surface area contributed by atoms with Crippen LogP contribution in [0.3, 0.4) is 0 Å². The van der Waals surface area contributed by atoms with Crippen molar-refractivity contribution in [2.24, 2.45) is 0 Å². The van der Waals surface area contributed by atoms with E-state index in [1.807, 2.05) is 20.8 Å². The number of anilines is 1. The van der Waals surface area contributed by atoms with Crippen LogP contribution in [0.5, 0.6) is 5.75 Å². The highest BCUT2D eigenvalue weighted by Gasteiger charge is 2.31. The molecule has 0 atom stereocenters. The van der Waals surface area contributed by atoms with Crippen molar-refractivity contribution in [2.75, 3.05) is 25.0 Å². The molecule has 0 spiro atoms. The summed E-state index contributed by atoms with van der Waals surface area (Å²) >= 11 is 0. The summed E-state index contributed by atoms with van der Waals surface area (Å²) < 4.78 is 31.9. The summed E-state index contributed by atoms with van der Waals surface area (Å²) in [6.07, 6.45) is 0. The molecule has 1 N–H and O–H groups in total. The van der Waals surface area contributed by atoms with Gasteiger partial charge in [-0.3, -0.25) is 0 Å². The van der Waals surface area contributed by atoms with Crippen LogP contribution in [0.4, 0.5) is 5.69 Å². The van der Waals surface area contributed by atoms with E-state index >= 15 is 0 Å². The third kappa shape index (κ3) is 2.69. The largest absolute Gasteiger partial charge is 0.484 e. The molecule has 106 valence electrons. The molecule has 0 radical (unpaired) electrons. The average molecular weight is 284 g/mol. The van der Waals surface area contributed by atoms with Crippen LogP contribution in [0.15, 0.2) is 23.1 Å². The number of sulfonamides is 1. The van der Waals surface area contributed by atoms with Gasteiger partial charge in [0.15, 0.2) is 0 Å². The molecule has 1 aliphatic rings. The zero-order valence-corrected chi connectivity index (χ0v) is 12.5. The minimum absolute atomic E-state index is 0.260. The first-order valence-electron chi connectivity index (χ1n) is 6.30. The predicted molar refractivity (Wildman–Crippen MR) is 75.3 cm³/mol. The van der Waals surface area contributed by atoms with Gasteiger partial charge in [0.05, 0.1) is 17.1 Å². The zero-order chi connectivity index (χ0) is 14.3. The normalized spacial score (nSPS) is 17.8. The van der Waals surface area contributed by atoms with Crippen LogP contribution in [0.1, 0.15) is 20.8 Å². The first-order valence-corrected chi connectivity index (χ1v) is 7.79. The summed E-state index contributed by atoms with van der Waals surface area (Å²) in [4.78, 5) is 2.39. The summed E-state index contributed by atoms with van der Waals surface area (Å²) in [5.41, 5.74) is 0.560. The van der Waals surface area contributed by atoms with E-state index in [0.717, 1.165) is 24.5 Å². The van der Waals surface area contributed by atoms with Crippen molar-refractivity contribution in [2.45, 2.75) is 31.3 Å². The second-order valence-corrected chi connectivity index (χ2v) is 7.10. The van der Waals surface area contributed by atoms with Crippen LogP contribution in [-0.4, -0.2) is 34.2 Å². The Morgan fingerprint density at radius 1 is 1.42 bits per heavy atom. The van der Waals surface area contributed by atoms with Crippen molar-refractivity contribution in [1.82, 2.24) is 4.72 Å². The van der Waals surface area contributed by atoms with Crippen LogP contribution in [-0.2, 0) is 10.0 Å². The molecule has 0 saturated carbocycles. The Bertz CT molecular complexity index is 582. The first kappa shape index (κ1) is 14.1. The second kappa shape index (κ2) is 4.68. The number of nitrogens with one attached hydrogen (secondary N) is 1. The van der Waals surface area contributed by atoms with Crippen molar-refractivity contribution in [3.63, 3.8) is 0 Å². The second-order valence-electron chi connectivity index (χ2n) is 5.21. The maximum Gasteiger partial charge on any atom is 0.240 e. The Balaban J connectivity index is 2.51. The molecule has 2 rings (SSSR count). The van der Waals surface area contributed by atoms with Gasteiger partial charge in [0.1, 0.15) is 11.4 Å². The van der Waals surface area contributed by atoms with Gasteiger partial charge in [0, 0.05) is 6.54 Å². The Morgan fingerprint density at radius 3 is 2.68 bits per heavy atom. The number of likely N-dealkylation sites (N-methyl/N-ethyl adjacent to an activating group) is 1. The van der Waals surface area contributed by atoms with Crippen LogP contribution in [0, 0.1) is 0 Å². The number of fused-ring (bicyclic) bond motifs is 1. The van der Waals surface area contributed by atoms with E-state index in [4.69, 9.17) is 4.74 Å². The van der Waals surface area contributed by atoms with Crippen LogP contribution < -0.4 is 14.4 Å². The molecule has 0 unspecified atom stereocenters. The first-order chi connectivity index (χ1) is 8.79. The third-order valence-electron chi connectivity index (χ3n) is 3.19. The van der Waals surface area contributed by atoms with E-state index in [-0.39, 0.29) is 10.5 Å². The summed E-state index contributed by atoms with van der Waals surface area (Å²) in [5, 5.41) is 0. The van der Waals surface area contributed by atoms with Crippen LogP contribution >= 0.6 is 0 Å². The number of benzene rings is 1. The molecule has 1 heterocycles. The lowest BCUT2D eigenvalue weighted by Crippen LogP contribution is -2.46. The summed E-state index contributed by atoms with van der Waals surface area (Å²) in [5.74, 6) is 0.730. The van der Waals surface area contributed by atoms with E-state index in [2.05, 4.69) is 9.62 Å². The number of rotatable bonds is 3. The molecule has 1 aliphatic heterocycles. The van der Waals surface area contributed by atoms with Crippen molar-refractivity contribution in [3.8, 4) is 5.75 Å². The fourth-order valence-electron chi connectivity index (χ4n) is 2.27. The fourth-order valence-corrected chi connectivity index (χ4v) is 3.02. The summed E-state index contributed by atoms with van der Waals surface area (Å²) in [6.45, 7) is 7.64. The minimum Gasteiger partial charge on any atom is -0.484 e. The molecule has 0 amide bonds. The molecule has 0 aromatic heterocycles. The van der Waals surface area contributed by atoms with Gasteiger partial charge >= 0.3 is 0 Å². The van der Waals surface area contributed by atoms with E-state index in [0.29, 0.717) is 0 Å². The van der Waals surface area contributed by atoms with Crippen molar-refractivity contribution < 1.29 is 13.2 Å². The maximum absolute atomic E-state index is 11.8. The quantitative estimate of drug-likeness (QED) is 0.916. The zero-order valence-electron chi connectivity index (χ0n) is 11.7. The summed E-state index contributed by atoms with van der Waals surface area (Å²) in [7, 11) is -2.02. The minimum atomic E-state index is -3.42. The third-order valence-corrected chi connectivity index (χ3v) is 4.60. The Labute approximate surface area is 114 Å². The molecule has 0 saturated heterocycles. The fraction of sp³-hybridized carbons (Fsp3) is 0.538. The Hall–Kier alpha value is -1.27. The number of nitrogens with zero attached hydrogens (tertiary/aromatic N) is 1. The maximum atomic E-state index is 11.8. The molecule has 5 nitrogen and oxygen atoms in total. The number of hydrogen-bond acceptors (Lipinski definition) is 4. The Morgan fingerprint density at radius 2 is 2.11 bits per heavy atom. The van der Waals surface area contributed by atoms with Gasteiger partial charge in [-0.2, -0.15) is 0 Å². The van der Waals surface area contributed by atoms with Gasteiger partial charge in [0.25, 0.3) is 0 Å². The van der Waals surface area contributed by atoms with Gasteiger partial charge in [-0.1, -0.05) is 0 Å². The van der Waals surface area contributed by atoms with Crippen LogP contribution in [0.25, 0.3) is 0 Å². The van der Waals surface area contributed by atoms with Gasteiger partial charge in [0.2, 0.25) is 10.0 Å². The molecule has 6 heteroatoms. The molecule has 0 fully saturated rings. The molecule has 19 heavy (non-hydrogen) atoms. The van der Waals surface area contributed by atoms with E-state index in [9.17, 15) is 8.42 Å². The van der Waals surface area contributed by atoms with Gasteiger partial charge < -0.3 is 9.64 Å². The van der Waals surface area contributed by atoms with Gasteiger partial charge in [-0.15, -0.1) is 0 Å². The molecular weight excluding hydrogens is 264 g/mol. The predicted octanol–water partition coefficient (Wildman–Crippen LogP) is 1.59. The SMILES string of the molecule is CCN1CC(C)(C)Oc2ccc(S(=O)(=O)NC)cc21. The highest BCUT2D eigenvalue weighted by Crippen LogP contribution is 2.38. The highest BCUT2D eigenvalue weighted by molar-refractivity contribution is 7.89. The Kier molecular flexibility index (Phi) is 3.49. The molecule has 1 aromatic carbocycles. The topological polar surface area (TPSA) is 58.6 Å². The number of hydrogen-bond donors (Lipinski definition) is 1. The lowest BCUT2D eigenvalue weighted by molar-refractivity contribution is 0.105. The van der Waals surface area contributed by atoms with E-state index in [1.165, 1.54) is 7.05 Å². The molecule has 0 bridgehead atoms. The van der Waals surface area contributed by atoms with Crippen molar-refractivity contribution in [3.05, 3.63) is 18.2 Å². The standard InChI is InChI=1S/C13H20N2O3S/c1-5-15-9-13(2,3)18-12-7-6-10(8-11(12)15)19(16,17)14-4/h6-8,14H,5,9H2,1-4H3. The van der Waals surface area contributed by atoms with Crippen LogP contribution in [0.2, 0.25) is 0 Å². The lowest BCUT2D eigenvalue weighted by Gasteiger charge is -2.40. The average Bonchev–Trinajstić information content (AvgIpc) is 2.36. The smallest absolute Gasteiger partial charge is 0.240 e. The molecule has 0 aliphatic carbocycles. The highest BCUT2D eigenvalue weighted by atomic mass is 32.2. The van der Waals surface area contributed by atoms with Crippen molar-refractivity contribution in [1.29, 1.82) is 0 Å². The van der Waals surface area contributed by atoms with E-state index in [1.54, 1.807) is 18.2 Å². The van der Waals surface area contributed by atoms with E-state index < -0.39 is 10.0 Å².